The molecule has 0 amide bonds. The minimum atomic E-state index is -0.00839. The van der Waals surface area contributed by atoms with Crippen LogP contribution in [-0.4, -0.2) is 9.55 Å². The van der Waals surface area contributed by atoms with Gasteiger partial charge >= 0.3 is 0 Å². The van der Waals surface area contributed by atoms with Gasteiger partial charge in [0, 0.05) is 61.3 Å². The van der Waals surface area contributed by atoms with E-state index >= 15 is 0 Å². The van der Waals surface area contributed by atoms with E-state index in [9.17, 15) is 0 Å². The second-order valence-electron chi connectivity index (χ2n) is 14.3. The number of hydrogen-bond donors (Lipinski definition) is 0. The van der Waals surface area contributed by atoms with Crippen molar-refractivity contribution >= 4 is 44.6 Å². The zero-order chi connectivity index (χ0) is 35.4. The maximum absolute atomic E-state index is 6.52. The van der Waals surface area contributed by atoms with Gasteiger partial charge in [0.15, 0.2) is 0 Å². The van der Waals surface area contributed by atoms with Crippen LogP contribution in [0.1, 0.15) is 31.9 Å². The number of aryl methyl sites for hydroxylation is 1. The molecule has 6 heteroatoms. The van der Waals surface area contributed by atoms with E-state index in [-0.39, 0.29) is 26.5 Å². The van der Waals surface area contributed by atoms with E-state index in [1.165, 1.54) is 22.3 Å². The maximum atomic E-state index is 6.52. The number of fused-ring (bicyclic) bond motifs is 4. The Bertz CT molecular complexity index is 2610. The molecule has 0 atom stereocenters. The summed E-state index contributed by atoms with van der Waals surface area (Å²) in [6.45, 7) is 11.0. The fourth-order valence-electron chi connectivity index (χ4n) is 7.18. The average molecular weight is 869 g/mol. The molecule has 3 heterocycles. The number of pyridine rings is 1. The monoisotopic (exact) mass is 868 g/mol. The van der Waals surface area contributed by atoms with Gasteiger partial charge in [0.2, 0.25) is 0 Å². The van der Waals surface area contributed by atoms with Crippen LogP contribution in [0.4, 0.5) is 22.7 Å². The molecule has 0 spiro atoms. The summed E-state index contributed by atoms with van der Waals surface area (Å²) in [5, 5.41) is 2.24. The van der Waals surface area contributed by atoms with Crippen molar-refractivity contribution in [3.8, 4) is 28.4 Å². The summed E-state index contributed by atoms with van der Waals surface area (Å²) in [6.07, 6.45) is 1.90. The molecule has 0 saturated carbocycles. The second-order valence-corrected chi connectivity index (χ2v) is 14.3. The first kappa shape index (κ1) is 34.4. The molecule has 2 aromatic heterocycles. The van der Waals surface area contributed by atoms with Gasteiger partial charge in [0.1, 0.15) is 5.82 Å². The molecule has 0 fully saturated rings. The minimum Gasteiger partial charge on any atom is -0.509 e. The zero-order valence-corrected chi connectivity index (χ0v) is 32.2. The van der Waals surface area contributed by atoms with Gasteiger partial charge in [-0.3, -0.25) is 0 Å². The van der Waals surface area contributed by atoms with E-state index in [4.69, 9.17) is 9.72 Å². The molecule has 0 radical (unpaired) electrons. The van der Waals surface area contributed by atoms with Crippen LogP contribution in [0.15, 0.2) is 146 Å². The van der Waals surface area contributed by atoms with E-state index in [1.807, 2.05) is 24.4 Å². The van der Waals surface area contributed by atoms with Gasteiger partial charge in [-0.25, -0.2) is 4.98 Å². The number of ether oxygens (including phenoxy) is 1. The number of anilines is 4. The Labute approximate surface area is 325 Å². The Kier molecular flexibility index (Phi) is 8.92. The van der Waals surface area contributed by atoms with Crippen LogP contribution < -0.4 is 14.5 Å². The molecule has 264 valence electrons. The number of rotatable bonds is 6. The van der Waals surface area contributed by atoms with E-state index in [0.29, 0.717) is 11.5 Å². The van der Waals surface area contributed by atoms with Crippen molar-refractivity contribution in [1.29, 1.82) is 0 Å². The molecule has 1 aliphatic rings. The first-order chi connectivity index (χ1) is 25.3. The fraction of sp³-hybridized carbons (Fsp3) is 0.106. The third kappa shape index (κ3) is 6.30. The molecule has 1 aliphatic heterocycles. The van der Waals surface area contributed by atoms with Gasteiger partial charge < -0.3 is 19.1 Å². The fourth-order valence-corrected chi connectivity index (χ4v) is 7.18. The zero-order valence-electron chi connectivity index (χ0n) is 29.9. The maximum Gasteiger partial charge on any atom is 0.135 e. The first-order valence-corrected chi connectivity index (χ1v) is 17.6. The molecule has 0 unspecified atom stereocenters. The van der Waals surface area contributed by atoms with Crippen LogP contribution in [0.5, 0.6) is 11.5 Å². The van der Waals surface area contributed by atoms with Gasteiger partial charge in [0.05, 0.1) is 0 Å². The normalized spacial score (nSPS) is 12.6. The van der Waals surface area contributed by atoms with Crippen LogP contribution in [-0.2, 0) is 26.5 Å². The van der Waals surface area contributed by atoms with Gasteiger partial charge in [0.25, 0.3) is 0 Å². The largest absolute Gasteiger partial charge is 0.509 e. The summed E-state index contributed by atoms with van der Waals surface area (Å²) in [5.74, 6) is 2.08. The molecule has 9 rings (SSSR count). The topological polar surface area (TPSA) is 33.5 Å². The minimum absolute atomic E-state index is 0. The van der Waals surface area contributed by atoms with E-state index in [1.54, 1.807) is 0 Å². The standard InChI is InChI=1S/C47H37N4O.Pt/c1-32-27-36(21-23-39(32)33-13-6-5-7-14-33)50-31-49(43-19-10-11-20-44(43)50)35-15-12-16-37(29-35)52-38-22-24-41-40-17-8-9-18-42(40)51(45(41)30-38)46-28-34(25-26-48-46)47(2,3)4;/h5-28,31H,1-4H3;/q-3;. The van der Waals surface area contributed by atoms with E-state index in [0.717, 1.165) is 50.4 Å². The Hall–Kier alpha value is -5.64. The summed E-state index contributed by atoms with van der Waals surface area (Å²) >= 11 is 0. The molecule has 0 saturated heterocycles. The molecular weight excluding hydrogens is 832 g/mol. The summed E-state index contributed by atoms with van der Waals surface area (Å²) in [7, 11) is 0. The second kappa shape index (κ2) is 13.7. The van der Waals surface area contributed by atoms with Gasteiger partial charge in [-0.2, -0.15) is 12.1 Å². The number of aromatic nitrogens is 2. The molecule has 8 aromatic rings. The van der Waals surface area contributed by atoms with Crippen LogP contribution >= 0.6 is 0 Å². The Morgan fingerprint density at radius 3 is 2.19 bits per heavy atom. The summed E-state index contributed by atoms with van der Waals surface area (Å²) in [5.41, 5.74) is 11.0. The third-order valence-corrected chi connectivity index (χ3v) is 9.83. The van der Waals surface area contributed by atoms with Crippen molar-refractivity contribution in [3.05, 3.63) is 176 Å². The van der Waals surface area contributed by atoms with Crippen molar-refractivity contribution in [3.63, 3.8) is 0 Å². The Morgan fingerprint density at radius 2 is 1.40 bits per heavy atom. The molecule has 6 aromatic carbocycles. The quantitative estimate of drug-likeness (QED) is 0.156. The summed E-state index contributed by atoms with van der Waals surface area (Å²) < 4.78 is 8.71. The molecular formula is C47H37N4OPt-3. The molecule has 5 nitrogen and oxygen atoms in total. The SMILES string of the molecule is Cc1cc(N2[CH-]N(c3[c-]c(Oc4[c-]c5c(cc4)c4ccccc4n5-c4cc(C(C)(C)C)ccn4)ccc3)c3ccccc32)ccc1-c1ccccc1.[Pt]. The summed E-state index contributed by atoms with van der Waals surface area (Å²) in [4.78, 5) is 9.22. The molecule has 0 aliphatic carbocycles. The predicted octanol–water partition coefficient (Wildman–Crippen LogP) is 12.3. The van der Waals surface area contributed by atoms with Crippen LogP contribution in [0.25, 0.3) is 38.8 Å². The van der Waals surface area contributed by atoms with Crippen LogP contribution in [0, 0.1) is 25.7 Å². The molecule has 0 bridgehead atoms. The van der Waals surface area contributed by atoms with Gasteiger partial charge in [-0.1, -0.05) is 93.0 Å². The van der Waals surface area contributed by atoms with Crippen molar-refractivity contribution in [2.24, 2.45) is 0 Å². The number of nitrogens with zero attached hydrogens (tertiary/aromatic N) is 4. The molecule has 0 N–H and O–H groups in total. The van der Waals surface area contributed by atoms with E-state index < -0.39 is 0 Å². The average Bonchev–Trinajstić information content (AvgIpc) is 3.71. The Morgan fingerprint density at radius 1 is 0.660 bits per heavy atom. The third-order valence-electron chi connectivity index (χ3n) is 9.83. The number of hydrogen-bond acceptors (Lipinski definition) is 4. The Balaban J connectivity index is 0.00000400. The number of benzene rings is 6. The van der Waals surface area contributed by atoms with Crippen molar-refractivity contribution in [2.45, 2.75) is 33.1 Å². The van der Waals surface area contributed by atoms with Gasteiger partial charge in [-0.15, -0.1) is 48.1 Å². The van der Waals surface area contributed by atoms with Gasteiger partial charge in [-0.05, 0) is 82.4 Å². The van der Waals surface area contributed by atoms with Crippen molar-refractivity contribution in [1.82, 2.24) is 9.55 Å². The first-order valence-electron chi connectivity index (χ1n) is 17.6. The van der Waals surface area contributed by atoms with Crippen LogP contribution in [0.2, 0.25) is 0 Å². The summed E-state index contributed by atoms with van der Waals surface area (Å²) in [6, 6.07) is 55.6. The predicted molar refractivity (Wildman–Crippen MR) is 213 cm³/mol. The van der Waals surface area contributed by atoms with Crippen molar-refractivity contribution in [2.75, 3.05) is 9.80 Å². The number of para-hydroxylation sites is 3. The van der Waals surface area contributed by atoms with E-state index in [2.05, 4.69) is 182 Å². The smallest absolute Gasteiger partial charge is 0.135 e. The van der Waals surface area contributed by atoms with Crippen LogP contribution in [0.3, 0.4) is 0 Å². The molecule has 53 heavy (non-hydrogen) atoms. The van der Waals surface area contributed by atoms with Crippen molar-refractivity contribution < 1.29 is 25.8 Å².